The van der Waals surface area contributed by atoms with E-state index in [9.17, 15) is 26.4 Å². The molecule has 2 aromatic carbocycles. The average Bonchev–Trinajstić information content (AvgIpc) is 3.12. The van der Waals surface area contributed by atoms with Crippen molar-refractivity contribution in [3.05, 3.63) is 71.1 Å². The first-order valence-corrected chi connectivity index (χ1v) is 10.8. The summed E-state index contributed by atoms with van der Waals surface area (Å²) >= 11 is 1.09. The van der Waals surface area contributed by atoms with Crippen molar-refractivity contribution in [2.24, 2.45) is 0 Å². The zero-order valence-electron chi connectivity index (χ0n) is 15.4. The lowest BCUT2D eigenvalue weighted by atomic mass is 10.1. The highest BCUT2D eigenvalue weighted by atomic mass is 32.2. The summed E-state index contributed by atoms with van der Waals surface area (Å²) in [6.45, 7) is 2.58. The number of ketones is 1. The van der Waals surface area contributed by atoms with Gasteiger partial charge in [-0.1, -0.05) is 6.07 Å². The molecular weight excluding hydrogens is 423 g/mol. The number of carbonyl (C=O) groups is 1. The van der Waals surface area contributed by atoms with Gasteiger partial charge in [0.05, 0.1) is 16.2 Å². The Hall–Kier alpha value is -2.52. The molecule has 0 radical (unpaired) electrons. The molecular formula is C20H16F3NO3S2. The number of benzene rings is 2. The van der Waals surface area contributed by atoms with E-state index in [1.807, 2.05) is 0 Å². The molecule has 1 aromatic heterocycles. The Balaban J connectivity index is 1.83. The Morgan fingerprint density at radius 2 is 1.69 bits per heavy atom. The molecule has 0 N–H and O–H groups in total. The van der Waals surface area contributed by atoms with Crippen molar-refractivity contribution in [3.63, 3.8) is 0 Å². The Bertz CT molecular complexity index is 1170. The lowest BCUT2D eigenvalue weighted by Gasteiger charge is -2.23. The maximum atomic E-state index is 13.4. The van der Waals surface area contributed by atoms with E-state index in [2.05, 4.69) is 4.98 Å². The van der Waals surface area contributed by atoms with Crippen LogP contribution in [0.2, 0.25) is 0 Å². The van der Waals surface area contributed by atoms with Gasteiger partial charge in [0.1, 0.15) is 15.6 Å². The Morgan fingerprint density at radius 3 is 2.31 bits per heavy atom. The molecule has 0 aliphatic carbocycles. The number of nitrogens with zero attached hydrogens (tertiary/aromatic N) is 1. The van der Waals surface area contributed by atoms with E-state index in [1.165, 1.54) is 26.1 Å². The highest BCUT2D eigenvalue weighted by Crippen LogP contribution is 2.31. The Morgan fingerprint density at radius 1 is 1.03 bits per heavy atom. The molecule has 0 unspecified atom stereocenters. The molecule has 1 heterocycles. The normalized spacial score (nSPS) is 12.2. The second-order valence-electron chi connectivity index (χ2n) is 6.81. The van der Waals surface area contributed by atoms with E-state index in [1.54, 1.807) is 0 Å². The minimum absolute atomic E-state index is 0.154. The summed E-state index contributed by atoms with van der Waals surface area (Å²) in [5.74, 6) is -3.14. The summed E-state index contributed by atoms with van der Waals surface area (Å²) in [5, 5.41) is 0.345. The summed E-state index contributed by atoms with van der Waals surface area (Å²) in [4.78, 5) is 17.2. The number of hydrogen-bond acceptors (Lipinski definition) is 5. The van der Waals surface area contributed by atoms with Gasteiger partial charge in [0.25, 0.3) is 0 Å². The van der Waals surface area contributed by atoms with Crippen LogP contribution in [0.1, 0.15) is 18.9 Å². The van der Waals surface area contributed by atoms with Crippen LogP contribution >= 0.6 is 11.3 Å². The first-order chi connectivity index (χ1) is 13.5. The quantitative estimate of drug-likeness (QED) is 0.527. The molecule has 0 spiro atoms. The van der Waals surface area contributed by atoms with E-state index in [0.29, 0.717) is 15.4 Å². The summed E-state index contributed by atoms with van der Waals surface area (Å²) in [7, 11) is -4.06. The molecule has 0 bridgehead atoms. The highest BCUT2D eigenvalue weighted by molar-refractivity contribution is 7.93. The number of thiazole rings is 1. The topological polar surface area (TPSA) is 64.1 Å². The van der Waals surface area contributed by atoms with Crippen LogP contribution in [0.5, 0.6) is 0 Å². The number of carbonyl (C=O) groups excluding carboxylic acids is 1. The molecule has 0 atom stereocenters. The molecule has 0 aliphatic heterocycles. The summed E-state index contributed by atoms with van der Waals surface area (Å²) in [5.41, 5.74) is 0.401. The van der Waals surface area contributed by atoms with E-state index in [4.69, 9.17) is 0 Å². The van der Waals surface area contributed by atoms with Crippen molar-refractivity contribution in [2.75, 3.05) is 0 Å². The van der Waals surface area contributed by atoms with Crippen LogP contribution in [-0.4, -0.2) is 23.9 Å². The van der Waals surface area contributed by atoms with E-state index >= 15 is 0 Å². The number of Topliss-reactive ketones (excluding diaryl/α,β-unsaturated/α-hetero) is 1. The van der Waals surface area contributed by atoms with Gasteiger partial charge >= 0.3 is 0 Å². The molecule has 3 aromatic rings. The number of rotatable bonds is 6. The maximum absolute atomic E-state index is 13.4. The Kier molecular flexibility index (Phi) is 5.64. The van der Waals surface area contributed by atoms with Gasteiger partial charge in [0.2, 0.25) is 0 Å². The van der Waals surface area contributed by atoms with Gasteiger partial charge < -0.3 is 0 Å². The van der Waals surface area contributed by atoms with Crippen LogP contribution in [0.3, 0.4) is 0 Å². The molecule has 29 heavy (non-hydrogen) atoms. The first-order valence-electron chi connectivity index (χ1n) is 8.46. The van der Waals surface area contributed by atoms with Crippen LogP contribution < -0.4 is 0 Å². The minimum Gasteiger partial charge on any atom is -0.297 e. The van der Waals surface area contributed by atoms with Gasteiger partial charge in [-0.25, -0.2) is 26.6 Å². The monoisotopic (exact) mass is 439 g/mol. The SMILES string of the molecule is CC(C)(C(=O)Cc1ncc(-c2ccc(F)c(F)c2)s1)S(=O)(=O)c1ccc(F)cc1. The van der Waals surface area contributed by atoms with Crippen LogP contribution in [-0.2, 0) is 21.1 Å². The predicted molar refractivity (Wildman–Crippen MR) is 104 cm³/mol. The number of aromatic nitrogens is 1. The molecule has 4 nitrogen and oxygen atoms in total. The van der Waals surface area contributed by atoms with Crippen molar-refractivity contribution >= 4 is 27.0 Å². The summed E-state index contributed by atoms with van der Waals surface area (Å²) in [6, 6.07) is 7.67. The Labute approximate surface area is 170 Å². The van der Waals surface area contributed by atoms with E-state index in [0.717, 1.165) is 47.7 Å². The molecule has 0 saturated carbocycles. The third kappa shape index (κ3) is 4.11. The molecule has 0 amide bonds. The van der Waals surface area contributed by atoms with Crippen LogP contribution in [0, 0.1) is 17.5 Å². The maximum Gasteiger partial charge on any atom is 0.190 e. The minimum atomic E-state index is -4.06. The van der Waals surface area contributed by atoms with E-state index < -0.39 is 37.8 Å². The van der Waals surface area contributed by atoms with Crippen molar-refractivity contribution in [1.82, 2.24) is 4.98 Å². The van der Waals surface area contributed by atoms with Gasteiger partial charge in [-0.2, -0.15) is 0 Å². The largest absolute Gasteiger partial charge is 0.297 e. The van der Waals surface area contributed by atoms with Crippen molar-refractivity contribution in [3.8, 4) is 10.4 Å². The van der Waals surface area contributed by atoms with Gasteiger partial charge in [-0.05, 0) is 55.8 Å². The van der Waals surface area contributed by atoms with Gasteiger partial charge in [0, 0.05) is 6.20 Å². The van der Waals surface area contributed by atoms with Gasteiger partial charge in [-0.15, -0.1) is 11.3 Å². The first kappa shape index (κ1) is 21.2. The fourth-order valence-corrected chi connectivity index (χ4v) is 4.95. The van der Waals surface area contributed by atoms with Crippen molar-refractivity contribution in [2.45, 2.75) is 29.9 Å². The molecule has 0 aliphatic rings. The van der Waals surface area contributed by atoms with Crippen LogP contribution in [0.15, 0.2) is 53.6 Å². The summed E-state index contributed by atoms with van der Waals surface area (Å²) < 4.78 is 63.5. The van der Waals surface area contributed by atoms with Crippen molar-refractivity contribution < 1.29 is 26.4 Å². The lowest BCUT2D eigenvalue weighted by molar-refractivity contribution is -0.120. The zero-order valence-corrected chi connectivity index (χ0v) is 17.1. The average molecular weight is 439 g/mol. The third-order valence-corrected chi connectivity index (χ3v) is 8.05. The second-order valence-corrected chi connectivity index (χ2v) is 10.4. The summed E-state index contributed by atoms with van der Waals surface area (Å²) in [6.07, 6.45) is 1.17. The predicted octanol–water partition coefficient (Wildman–Crippen LogP) is 4.59. The standard InChI is InChI=1S/C20H16F3NO3S2/c1-20(2,29(26,27)14-6-4-13(21)5-7-14)18(25)10-19-24-11-17(28-19)12-3-8-15(22)16(23)9-12/h3-9,11H,10H2,1-2H3. The molecule has 3 rings (SSSR count). The van der Waals surface area contributed by atoms with E-state index in [-0.39, 0.29) is 11.3 Å². The second kappa shape index (κ2) is 7.72. The van der Waals surface area contributed by atoms with Crippen LogP contribution in [0.4, 0.5) is 13.2 Å². The fraction of sp³-hybridized carbons (Fsp3) is 0.200. The molecule has 9 heteroatoms. The number of sulfone groups is 1. The highest BCUT2D eigenvalue weighted by Gasteiger charge is 2.42. The van der Waals surface area contributed by atoms with Gasteiger partial charge in [0.15, 0.2) is 27.3 Å². The molecule has 152 valence electrons. The third-order valence-electron chi connectivity index (χ3n) is 4.54. The molecule has 0 saturated heterocycles. The fourth-order valence-electron chi connectivity index (χ4n) is 2.58. The van der Waals surface area contributed by atoms with Crippen molar-refractivity contribution in [1.29, 1.82) is 0 Å². The van der Waals surface area contributed by atoms with Crippen LogP contribution in [0.25, 0.3) is 10.4 Å². The number of hydrogen-bond donors (Lipinski definition) is 0. The lowest BCUT2D eigenvalue weighted by Crippen LogP contribution is -2.41. The van der Waals surface area contributed by atoms with Gasteiger partial charge in [-0.3, -0.25) is 4.79 Å². The molecule has 0 fully saturated rings. The smallest absolute Gasteiger partial charge is 0.190 e. The number of halogens is 3. The zero-order chi connectivity index (χ0) is 21.4.